The molecule has 0 saturated carbocycles. The summed E-state index contributed by atoms with van der Waals surface area (Å²) in [7, 11) is 0. The summed E-state index contributed by atoms with van der Waals surface area (Å²) in [6.07, 6.45) is 3.50. The Kier molecular flexibility index (Phi) is 3.55. The lowest BCUT2D eigenvalue weighted by Crippen LogP contribution is -1.95. The number of allylic oxidation sites excluding steroid dienone is 1. The molecule has 1 nitrogen and oxygen atoms in total. The zero-order chi connectivity index (χ0) is 12.3. The maximum atomic E-state index is 11.9. The number of hydrogen-bond acceptors (Lipinski definition) is 2. The molecule has 1 aromatic heterocycles. The van der Waals surface area contributed by atoms with Crippen LogP contribution in [0, 0.1) is 13.8 Å². The third-order valence-corrected chi connectivity index (χ3v) is 3.57. The van der Waals surface area contributed by atoms with Crippen molar-refractivity contribution in [2.24, 2.45) is 0 Å². The lowest BCUT2D eigenvalue weighted by Gasteiger charge is -2.01. The smallest absolute Gasteiger partial charge is 0.185 e. The van der Waals surface area contributed by atoms with Crippen molar-refractivity contribution in [3.63, 3.8) is 0 Å². The lowest BCUT2D eigenvalue weighted by atomic mass is 10.0. The Balaban J connectivity index is 2.17. The molecular weight excluding hydrogens is 228 g/mol. The first-order valence-corrected chi connectivity index (χ1v) is 6.38. The van der Waals surface area contributed by atoms with E-state index >= 15 is 0 Å². The fraction of sp³-hybridized carbons (Fsp3) is 0.133. The number of carbonyl (C=O) groups excluding carboxylic acids is 1. The number of ketones is 1. The number of rotatable bonds is 3. The van der Waals surface area contributed by atoms with Crippen molar-refractivity contribution in [3.05, 3.63) is 63.4 Å². The molecule has 0 aliphatic rings. The summed E-state index contributed by atoms with van der Waals surface area (Å²) in [5.41, 5.74) is 3.12. The van der Waals surface area contributed by atoms with Gasteiger partial charge in [0, 0.05) is 10.4 Å². The molecule has 0 spiro atoms. The Morgan fingerprint density at radius 1 is 1.18 bits per heavy atom. The van der Waals surface area contributed by atoms with Crippen molar-refractivity contribution in [2.75, 3.05) is 0 Å². The Bertz CT molecular complexity index is 550. The van der Waals surface area contributed by atoms with Gasteiger partial charge in [-0.2, -0.15) is 0 Å². The van der Waals surface area contributed by atoms with Crippen LogP contribution in [-0.2, 0) is 0 Å². The standard InChI is InChI=1S/C15H14OS/c1-11-5-6-13(10-12(11)2)15(16)8-7-14-4-3-9-17-14/h3-10H,1-2H3/b8-7+. The van der Waals surface area contributed by atoms with Crippen LogP contribution in [0.2, 0.25) is 0 Å². The topological polar surface area (TPSA) is 17.1 Å². The van der Waals surface area contributed by atoms with E-state index in [9.17, 15) is 4.79 Å². The van der Waals surface area contributed by atoms with Crippen LogP contribution in [0.5, 0.6) is 0 Å². The minimum Gasteiger partial charge on any atom is -0.289 e. The van der Waals surface area contributed by atoms with Crippen molar-refractivity contribution >= 4 is 23.2 Å². The second-order valence-electron chi connectivity index (χ2n) is 4.01. The van der Waals surface area contributed by atoms with Crippen molar-refractivity contribution in [1.82, 2.24) is 0 Å². The summed E-state index contributed by atoms with van der Waals surface area (Å²) < 4.78 is 0. The van der Waals surface area contributed by atoms with Crippen molar-refractivity contribution in [2.45, 2.75) is 13.8 Å². The Labute approximate surface area is 105 Å². The van der Waals surface area contributed by atoms with E-state index < -0.39 is 0 Å². The Morgan fingerprint density at radius 2 is 2.00 bits per heavy atom. The van der Waals surface area contributed by atoms with Gasteiger partial charge in [-0.05, 0) is 54.6 Å². The SMILES string of the molecule is Cc1ccc(C(=O)/C=C/c2cccs2)cc1C. The van der Waals surface area contributed by atoms with Gasteiger partial charge in [-0.3, -0.25) is 4.79 Å². The predicted octanol–water partition coefficient (Wildman–Crippen LogP) is 4.26. The zero-order valence-corrected chi connectivity index (χ0v) is 10.8. The van der Waals surface area contributed by atoms with Gasteiger partial charge in [-0.1, -0.05) is 18.2 Å². The molecule has 1 aromatic carbocycles. The minimum absolute atomic E-state index is 0.0569. The van der Waals surface area contributed by atoms with Gasteiger partial charge in [0.05, 0.1) is 0 Å². The third kappa shape index (κ3) is 2.92. The molecule has 17 heavy (non-hydrogen) atoms. The molecule has 0 fully saturated rings. The summed E-state index contributed by atoms with van der Waals surface area (Å²) in [5.74, 6) is 0.0569. The van der Waals surface area contributed by atoms with Gasteiger partial charge in [0.15, 0.2) is 5.78 Å². The highest BCUT2D eigenvalue weighted by Crippen LogP contribution is 2.13. The van der Waals surface area contributed by atoms with E-state index in [1.165, 1.54) is 5.56 Å². The van der Waals surface area contributed by atoms with Gasteiger partial charge >= 0.3 is 0 Å². The van der Waals surface area contributed by atoms with E-state index in [0.717, 1.165) is 16.0 Å². The van der Waals surface area contributed by atoms with Gasteiger partial charge < -0.3 is 0 Å². The largest absolute Gasteiger partial charge is 0.289 e. The van der Waals surface area contributed by atoms with E-state index in [1.807, 2.05) is 55.6 Å². The average molecular weight is 242 g/mol. The summed E-state index contributed by atoms with van der Waals surface area (Å²) in [4.78, 5) is 13.0. The molecule has 0 aliphatic heterocycles. The van der Waals surface area contributed by atoms with Crippen molar-refractivity contribution in [3.8, 4) is 0 Å². The lowest BCUT2D eigenvalue weighted by molar-refractivity contribution is 0.104. The quantitative estimate of drug-likeness (QED) is 0.580. The maximum Gasteiger partial charge on any atom is 0.185 e. The molecule has 0 N–H and O–H groups in total. The minimum atomic E-state index is 0.0569. The van der Waals surface area contributed by atoms with E-state index in [2.05, 4.69) is 0 Å². The third-order valence-electron chi connectivity index (χ3n) is 2.73. The molecule has 0 saturated heterocycles. The Hall–Kier alpha value is -1.67. The molecular formula is C15H14OS. The van der Waals surface area contributed by atoms with Crippen LogP contribution in [-0.4, -0.2) is 5.78 Å². The second kappa shape index (κ2) is 5.11. The van der Waals surface area contributed by atoms with Crippen LogP contribution >= 0.6 is 11.3 Å². The summed E-state index contributed by atoms with van der Waals surface area (Å²) in [6, 6.07) is 9.78. The fourth-order valence-electron chi connectivity index (χ4n) is 1.53. The number of thiophene rings is 1. The average Bonchev–Trinajstić information content (AvgIpc) is 2.82. The normalized spacial score (nSPS) is 10.9. The fourth-order valence-corrected chi connectivity index (χ4v) is 2.15. The first kappa shape index (κ1) is 11.8. The molecule has 0 radical (unpaired) electrons. The highest BCUT2D eigenvalue weighted by molar-refractivity contribution is 7.10. The number of benzene rings is 1. The molecule has 2 heteroatoms. The van der Waals surface area contributed by atoms with Crippen LogP contribution in [0.4, 0.5) is 0 Å². The van der Waals surface area contributed by atoms with Crippen LogP contribution in [0.3, 0.4) is 0 Å². The van der Waals surface area contributed by atoms with E-state index in [0.29, 0.717) is 0 Å². The Morgan fingerprint density at radius 3 is 2.65 bits per heavy atom. The molecule has 0 aliphatic carbocycles. The number of carbonyl (C=O) groups is 1. The first-order chi connectivity index (χ1) is 8.16. The van der Waals surface area contributed by atoms with Crippen LogP contribution < -0.4 is 0 Å². The molecule has 1 heterocycles. The highest BCUT2D eigenvalue weighted by Gasteiger charge is 2.03. The molecule has 0 bridgehead atoms. The van der Waals surface area contributed by atoms with Gasteiger partial charge in [-0.25, -0.2) is 0 Å². The van der Waals surface area contributed by atoms with Crippen molar-refractivity contribution in [1.29, 1.82) is 0 Å². The maximum absolute atomic E-state index is 11.9. The molecule has 0 atom stereocenters. The van der Waals surface area contributed by atoms with Gasteiger partial charge in [-0.15, -0.1) is 11.3 Å². The van der Waals surface area contributed by atoms with Gasteiger partial charge in [0.25, 0.3) is 0 Å². The number of aryl methyl sites for hydroxylation is 2. The molecule has 0 amide bonds. The van der Waals surface area contributed by atoms with Crippen LogP contribution in [0.15, 0.2) is 41.8 Å². The van der Waals surface area contributed by atoms with Crippen molar-refractivity contribution < 1.29 is 4.79 Å². The first-order valence-electron chi connectivity index (χ1n) is 5.50. The molecule has 0 unspecified atom stereocenters. The highest BCUT2D eigenvalue weighted by atomic mass is 32.1. The predicted molar refractivity (Wildman–Crippen MR) is 73.6 cm³/mol. The molecule has 2 aromatic rings. The van der Waals surface area contributed by atoms with E-state index in [-0.39, 0.29) is 5.78 Å². The van der Waals surface area contributed by atoms with Gasteiger partial charge in [0.2, 0.25) is 0 Å². The monoisotopic (exact) mass is 242 g/mol. The van der Waals surface area contributed by atoms with Crippen LogP contribution in [0.25, 0.3) is 6.08 Å². The van der Waals surface area contributed by atoms with E-state index in [1.54, 1.807) is 17.4 Å². The zero-order valence-electron chi connectivity index (χ0n) is 9.94. The summed E-state index contributed by atoms with van der Waals surface area (Å²) in [6.45, 7) is 4.07. The van der Waals surface area contributed by atoms with E-state index in [4.69, 9.17) is 0 Å². The second-order valence-corrected chi connectivity index (χ2v) is 4.99. The summed E-state index contributed by atoms with van der Waals surface area (Å²) in [5, 5.41) is 2.00. The van der Waals surface area contributed by atoms with Gasteiger partial charge in [0.1, 0.15) is 0 Å². The molecule has 86 valence electrons. The van der Waals surface area contributed by atoms with Crippen LogP contribution in [0.1, 0.15) is 26.4 Å². The summed E-state index contributed by atoms with van der Waals surface area (Å²) >= 11 is 1.63. The number of hydrogen-bond donors (Lipinski definition) is 0. The molecule has 2 rings (SSSR count).